The molecular weight excluding hydrogens is 533 g/mol. The molecule has 15 heteroatoms. The number of fused-ring (bicyclic) bond motifs is 1. The molecule has 1 atom stereocenters. The van der Waals surface area contributed by atoms with Crippen LogP contribution in [0.25, 0.3) is 17.1 Å². The molecule has 0 radical (unpaired) electrons. The molecule has 3 aromatic heterocycles. The van der Waals surface area contributed by atoms with E-state index in [1.54, 1.807) is 0 Å². The highest BCUT2D eigenvalue weighted by Gasteiger charge is 2.54. The molecule has 0 spiro atoms. The fourth-order valence-electron chi connectivity index (χ4n) is 3.65. The molecule has 4 heterocycles. The Morgan fingerprint density at radius 2 is 1.86 bits per heavy atom. The molecule has 0 saturated carbocycles. The van der Waals surface area contributed by atoms with Crippen molar-refractivity contribution in [2.75, 3.05) is 10.7 Å². The second kappa shape index (κ2) is 9.39. The third-order valence-corrected chi connectivity index (χ3v) is 7.50. The summed E-state index contributed by atoms with van der Waals surface area (Å²) in [4.78, 5) is 20.2. The lowest BCUT2D eigenvalue weighted by Crippen LogP contribution is -2.53. The van der Waals surface area contributed by atoms with Crippen LogP contribution < -0.4 is 4.90 Å². The minimum atomic E-state index is -5.11. The molecule has 0 fully saturated rings. The maximum absolute atomic E-state index is 14.5. The van der Waals surface area contributed by atoms with Gasteiger partial charge < -0.3 is 0 Å². The van der Waals surface area contributed by atoms with Gasteiger partial charge in [0.1, 0.15) is 5.69 Å². The van der Waals surface area contributed by atoms with Crippen molar-refractivity contribution in [3.63, 3.8) is 0 Å². The molecule has 4 rings (SSSR count). The number of halogens is 6. The number of sulfone groups is 1. The van der Waals surface area contributed by atoms with Crippen LogP contribution in [0.15, 0.2) is 41.7 Å². The molecule has 0 N–H and O–H groups in total. The zero-order valence-corrected chi connectivity index (χ0v) is 19.9. The van der Waals surface area contributed by atoms with Crippen molar-refractivity contribution in [2.45, 2.75) is 43.3 Å². The molecule has 1 aliphatic rings. The predicted octanol–water partition coefficient (Wildman–Crippen LogP) is 4.25. The summed E-state index contributed by atoms with van der Waals surface area (Å²) in [5.74, 6) is -6.51. The van der Waals surface area contributed by atoms with Gasteiger partial charge in [0, 0.05) is 12.6 Å². The van der Waals surface area contributed by atoms with Gasteiger partial charge >= 0.3 is 12.3 Å². The Hall–Kier alpha value is -3.13. The van der Waals surface area contributed by atoms with Crippen molar-refractivity contribution in [2.24, 2.45) is 0 Å². The van der Waals surface area contributed by atoms with Crippen LogP contribution in [0, 0.1) is 0 Å². The molecule has 1 unspecified atom stereocenters. The Kier molecular flexibility index (Phi) is 6.77. The van der Waals surface area contributed by atoms with Crippen LogP contribution in [0.1, 0.15) is 18.9 Å². The largest absolute Gasteiger partial charge is 0.356 e. The highest BCUT2D eigenvalue weighted by Crippen LogP contribution is 2.39. The minimum Gasteiger partial charge on any atom is -0.274 e. The molecule has 3 aromatic rings. The third-order valence-electron chi connectivity index (χ3n) is 5.55. The highest BCUT2D eigenvalue weighted by atomic mass is 35.5. The summed E-state index contributed by atoms with van der Waals surface area (Å²) >= 11 is 5.83. The smallest absolute Gasteiger partial charge is 0.274 e. The van der Waals surface area contributed by atoms with E-state index in [4.69, 9.17) is 11.6 Å². The summed E-state index contributed by atoms with van der Waals surface area (Å²) in [5, 5.41) is 4.16. The first kappa shape index (κ1) is 25.9. The summed E-state index contributed by atoms with van der Waals surface area (Å²) in [6.07, 6.45) is -4.76. The fourth-order valence-corrected chi connectivity index (χ4v) is 4.85. The summed E-state index contributed by atoms with van der Waals surface area (Å²) < 4.78 is 94.4. The number of carbonyl (C=O) groups is 1. The lowest BCUT2D eigenvalue weighted by molar-refractivity contribution is -0.173. The monoisotopic (exact) mass is 549 g/mol. The van der Waals surface area contributed by atoms with Gasteiger partial charge in [-0.1, -0.05) is 18.5 Å². The summed E-state index contributed by atoms with van der Waals surface area (Å²) in [5.41, 5.74) is -0.0831. The standard InChI is InChI=1S/C21H17ClF5N5O3S/c1-2-36(34,35)15-8-12(31-6-5-16(22)30-31)9-29-18(15)13-7-11-3-4-17(33)32(14(11)10-28-13)20(25)21(26,27)19(23)24/h5-10,19-20H,2-4H2,1H3. The number of anilines is 1. The number of rotatable bonds is 7. The molecule has 0 bridgehead atoms. The lowest BCUT2D eigenvalue weighted by atomic mass is 10.0. The molecule has 1 aliphatic heterocycles. The van der Waals surface area contributed by atoms with Crippen molar-refractivity contribution < 1.29 is 35.2 Å². The lowest BCUT2D eigenvalue weighted by Gasteiger charge is -2.34. The number of aryl methyl sites for hydroxylation is 1. The molecule has 0 aromatic carbocycles. The topological polar surface area (TPSA) is 98.0 Å². The van der Waals surface area contributed by atoms with E-state index in [-0.39, 0.29) is 49.8 Å². The molecule has 8 nitrogen and oxygen atoms in total. The number of carbonyl (C=O) groups excluding carboxylic acids is 1. The Balaban J connectivity index is 1.82. The van der Waals surface area contributed by atoms with E-state index in [2.05, 4.69) is 15.1 Å². The highest BCUT2D eigenvalue weighted by molar-refractivity contribution is 7.91. The van der Waals surface area contributed by atoms with E-state index in [1.807, 2.05) is 0 Å². The second-order valence-electron chi connectivity index (χ2n) is 7.80. The summed E-state index contributed by atoms with van der Waals surface area (Å²) in [6.45, 7) is 1.42. The van der Waals surface area contributed by atoms with Crippen molar-refractivity contribution in [3.8, 4) is 17.1 Å². The van der Waals surface area contributed by atoms with Crippen LogP contribution in [-0.4, -0.2) is 58.5 Å². The Bertz CT molecular complexity index is 1430. The molecule has 36 heavy (non-hydrogen) atoms. The Morgan fingerprint density at radius 3 is 2.47 bits per heavy atom. The predicted molar refractivity (Wildman–Crippen MR) is 119 cm³/mol. The van der Waals surface area contributed by atoms with E-state index in [1.165, 1.54) is 42.2 Å². The summed E-state index contributed by atoms with van der Waals surface area (Å²) in [6, 6.07) is 4.06. The van der Waals surface area contributed by atoms with Crippen LogP contribution >= 0.6 is 11.6 Å². The SMILES string of the molecule is CCS(=O)(=O)c1cc(-n2ccc(Cl)n2)cnc1-c1cc2c(cn1)N(C(F)C(F)(F)C(F)F)C(=O)CC2. The van der Waals surface area contributed by atoms with Crippen molar-refractivity contribution in [3.05, 3.63) is 47.5 Å². The minimum absolute atomic E-state index is 0.00357. The van der Waals surface area contributed by atoms with Crippen molar-refractivity contribution >= 4 is 33.0 Å². The van der Waals surface area contributed by atoms with Crippen LogP contribution in [-0.2, 0) is 21.1 Å². The van der Waals surface area contributed by atoms with E-state index < -0.39 is 46.5 Å². The normalized spacial score (nSPS) is 15.3. The van der Waals surface area contributed by atoms with Gasteiger partial charge in [0.25, 0.3) is 0 Å². The molecule has 1 amide bonds. The number of pyridine rings is 2. The maximum atomic E-state index is 14.5. The number of alkyl halides is 5. The fraction of sp³-hybridized carbons (Fsp3) is 0.333. The van der Waals surface area contributed by atoms with Crippen LogP contribution in [0.2, 0.25) is 5.15 Å². The van der Waals surface area contributed by atoms with Gasteiger partial charge in [0.05, 0.1) is 40.1 Å². The van der Waals surface area contributed by atoms with Gasteiger partial charge in [-0.3, -0.25) is 19.7 Å². The summed E-state index contributed by atoms with van der Waals surface area (Å²) in [7, 11) is -3.87. The van der Waals surface area contributed by atoms with E-state index in [0.29, 0.717) is 0 Å². The average Bonchev–Trinajstić information content (AvgIpc) is 3.29. The van der Waals surface area contributed by atoms with Crippen LogP contribution in [0.3, 0.4) is 0 Å². The van der Waals surface area contributed by atoms with Gasteiger partial charge in [0.15, 0.2) is 15.0 Å². The first-order chi connectivity index (χ1) is 16.9. The number of nitrogens with zero attached hydrogens (tertiary/aromatic N) is 5. The van der Waals surface area contributed by atoms with E-state index >= 15 is 0 Å². The van der Waals surface area contributed by atoms with Crippen molar-refractivity contribution in [1.82, 2.24) is 19.7 Å². The van der Waals surface area contributed by atoms with Gasteiger partial charge in [-0.2, -0.15) is 13.9 Å². The molecule has 192 valence electrons. The molecular formula is C21H17ClF5N5O3S. The first-order valence-electron chi connectivity index (χ1n) is 10.4. The van der Waals surface area contributed by atoms with Gasteiger partial charge in [-0.15, -0.1) is 0 Å². The average molecular weight is 550 g/mol. The quantitative estimate of drug-likeness (QED) is 0.323. The van der Waals surface area contributed by atoms with Gasteiger partial charge in [-0.25, -0.2) is 26.3 Å². The number of aromatic nitrogens is 4. The number of amides is 1. The number of hydrogen-bond donors (Lipinski definition) is 0. The first-order valence-corrected chi connectivity index (χ1v) is 12.5. The maximum Gasteiger partial charge on any atom is 0.356 e. The molecule has 0 saturated heterocycles. The van der Waals surface area contributed by atoms with Gasteiger partial charge in [-0.05, 0) is 30.2 Å². The second-order valence-corrected chi connectivity index (χ2v) is 10.4. The third kappa shape index (κ3) is 4.54. The van der Waals surface area contributed by atoms with Crippen molar-refractivity contribution in [1.29, 1.82) is 0 Å². The van der Waals surface area contributed by atoms with Crippen LogP contribution in [0.4, 0.5) is 27.6 Å². The van der Waals surface area contributed by atoms with E-state index in [0.717, 1.165) is 6.20 Å². The Labute approximate surface area is 206 Å². The Morgan fingerprint density at radius 1 is 1.14 bits per heavy atom. The van der Waals surface area contributed by atoms with E-state index in [9.17, 15) is 35.2 Å². The van der Waals surface area contributed by atoms with Crippen LogP contribution in [0.5, 0.6) is 0 Å². The zero-order valence-electron chi connectivity index (χ0n) is 18.4. The van der Waals surface area contributed by atoms with Gasteiger partial charge in [0.2, 0.25) is 12.2 Å². The molecule has 0 aliphatic carbocycles. The number of hydrogen-bond acceptors (Lipinski definition) is 6. The zero-order chi connectivity index (χ0) is 26.4.